The third-order valence-electron chi connectivity index (χ3n) is 4.20. The molecule has 3 amide bonds. The Morgan fingerprint density at radius 1 is 1.29 bits per heavy atom. The Balaban J connectivity index is 1.63. The second-order valence-electron chi connectivity index (χ2n) is 5.97. The summed E-state index contributed by atoms with van der Waals surface area (Å²) in [5.41, 5.74) is 1.86. The van der Waals surface area contributed by atoms with Crippen molar-refractivity contribution in [1.29, 1.82) is 0 Å². The Morgan fingerprint density at radius 3 is 2.79 bits per heavy atom. The number of nitrogens with zero attached hydrogens (tertiary/aromatic N) is 2. The van der Waals surface area contributed by atoms with E-state index < -0.39 is 0 Å². The number of anilines is 1. The Kier molecular flexibility index (Phi) is 5.15. The standard InChI is InChI=1S/C18H21N3O2S/c1-20(12-14-9-11-24-13-14)17(22)16-8-5-10-21(16)18(23)19-15-6-3-2-4-7-15/h2-4,6-7,9,11,13,16H,5,8,10,12H2,1H3,(H,19,23)/t16-/m0/s1. The fourth-order valence-electron chi connectivity index (χ4n) is 2.97. The van der Waals surface area contributed by atoms with E-state index in [1.54, 1.807) is 28.2 Å². The molecule has 0 spiro atoms. The minimum Gasteiger partial charge on any atom is -0.340 e. The molecule has 1 aliphatic rings. The van der Waals surface area contributed by atoms with Crippen molar-refractivity contribution in [3.63, 3.8) is 0 Å². The molecule has 1 aromatic heterocycles. The van der Waals surface area contributed by atoms with Crippen molar-refractivity contribution < 1.29 is 9.59 Å². The number of likely N-dealkylation sites (tertiary alicyclic amines) is 1. The first-order valence-electron chi connectivity index (χ1n) is 8.04. The van der Waals surface area contributed by atoms with Gasteiger partial charge in [0.25, 0.3) is 0 Å². The molecule has 1 aliphatic heterocycles. The lowest BCUT2D eigenvalue weighted by Crippen LogP contribution is -2.47. The van der Waals surface area contributed by atoms with Crippen LogP contribution in [0.1, 0.15) is 18.4 Å². The molecule has 0 radical (unpaired) electrons. The maximum absolute atomic E-state index is 12.7. The van der Waals surface area contributed by atoms with Gasteiger partial charge in [-0.25, -0.2) is 4.79 Å². The summed E-state index contributed by atoms with van der Waals surface area (Å²) in [4.78, 5) is 28.6. The molecule has 0 unspecified atom stereocenters. The van der Waals surface area contributed by atoms with Gasteiger partial charge in [-0.3, -0.25) is 4.79 Å². The lowest BCUT2D eigenvalue weighted by molar-refractivity contribution is -0.134. The van der Waals surface area contributed by atoms with E-state index in [4.69, 9.17) is 0 Å². The molecule has 2 aromatic rings. The summed E-state index contributed by atoms with van der Waals surface area (Å²) in [7, 11) is 1.80. The zero-order valence-corrected chi connectivity index (χ0v) is 14.5. The molecule has 6 heteroatoms. The van der Waals surface area contributed by atoms with Crippen molar-refractivity contribution in [3.05, 3.63) is 52.7 Å². The van der Waals surface area contributed by atoms with Gasteiger partial charge in [0.1, 0.15) is 6.04 Å². The summed E-state index contributed by atoms with van der Waals surface area (Å²) in [6.45, 7) is 1.19. The van der Waals surface area contributed by atoms with Crippen molar-refractivity contribution in [2.75, 3.05) is 18.9 Å². The molecule has 1 atom stereocenters. The normalized spacial score (nSPS) is 16.9. The molecule has 126 valence electrons. The highest BCUT2D eigenvalue weighted by atomic mass is 32.1. The van der Waals surface area contributed by atoms with Gasteiger partial charge in [0.05, 0.1) is 0 Å². The Morgan fingerprint density at radius 2 is 2.08 bits per heavy atom. The number of amides is 3. The topological polar surface area (TPSA) is 52.7 Å². The van der Waals surface area contributed by atoms with Gasteiger partial charge < -0.3 is 15.1 Å². The van der Waals surface area contributed by atoms with E-state index in [0.717, 1.165) is 24.1 Å². The second-order valence-corrected chi connectivity index (χ2v) is 6.75. The van der Waals surface area contributed by atoms with Crippen molar-refractivity contribution in [1.82, 2.24) is 9.80 Å². The van der Waals surface area contributed by atoms with Crippen molar-refractivity contribution in [3.8, 4) is 0 Å². The largest absolute Gasteiger partial charge is 0.340 e. The third kappa shape index (κ3) is 3.76. The number of carbonyl (C=O) groups excluding carboxylic acids is 2. The smallest absolute Gasteiger partial charge is 0.322 e. The molecule has 24 heavy (non-hydrogen) atoms. The lowest BCUT2D eigenvalue weighted by atomic mass is 10.2. The molecule has 0 saturated carbocycles. The van der Waals surface area contributed by atoms with Gasteiger partial charge in [0, 0.05) is 25.8 Å². The summed E-state index contributed by atoms with van der Waals surface area (Å²) in [5, 5.41) is 6.91. The molecule has 3 rings (SSSR count). The summed E-state index contributed by atoms with van der Waals surface area (Å²) in [5.74, 6) is 0.00177. The van der Waals surface area contributed by atoms with Crippen molar-refractivity contribution in [2.24, 2.45) is 0 Å². The van der Waals surface area contributed by atoms with Gasteiger partial charge in [-0.15, -0.1) is 0 Å². The van der Waals surface area contributed by atoms with Crippen LogP contribution < -0.4 is 5.32 Å². The average molecular weight is 343 g/mol. The molecule has 1 fully saturated rings. The van der Waals surface area contributed by atoms with Crippen LogP contribution in [0.3, 0.4) is 0 Å². The number of rotatable bonds is 4. The van der Waals surface area contributed by atoms with E-state index in [9.17, 15) is 9.59 Å². The van der Waals surface area contributed by atoms with Crippen LogP contribution in [0.15, 0.2) is 47.2 Å². The van der Waals surface area contributed by atoms with Crippen LogP contribution in [0.25, 0.3) is 0 Å². The Bertz CT molecular complexity index is 688. The monoisotopic (exact) mass is 343 g/mol. The van der Waals surface area contributed by atoms with E-state index in [2.05, 4.69) is 5.32 Å². The number of carbonyl (C=O) groups is 2. The van der Waals surface area contributed by atoms with Crippen LogP contribution in [-0.2, 0) is 11.3 Å². The second kappa shape index (κ2) is 7.49. The molecular weight excluding hydrogens is 322 g/mol. The van der Waals surface area contributed by atoms with Crippen molar-refractivity contribution >= 4 is 29.0 Å². The van der Waals surface area contributed by atoms with Crippen LogP contribution >= 0.6 is 11.3 Å². The predicted molar refractivity (Wildman–Crippen MR) is 96.0 cm³/mol. The van der Waals surface area contributed by atoms with E-state index in [-0.39, 0.29) is 18.0 Å². The highest BCUT2D eigenvalue weighted by Gasteiger charge is 2.35. The van der Waals surface area contributed by atoms with Crippen LogP contribution in [0.2, 0.25) is 0 Å². The van der Waals surface area contributed by atoms with E-state index in [1.165, 1.54) is 0 Å². The molecule has 2 heterocycles. The maximum atomic E-state index is 12.7. The van der Waals surface area contributed by atoms with E-state index in [1.807, 2.05) is 47.2 Å². The zero-order chi connectivity index (χ0) is 16.9. The predicted octanol–water partition coefficient (Wildman–Crippen LogP) is 3.40. The summed E-state index contributed by atoms with van der Waals surface area (Å²) >= 11 is 1.62. The van der Waals surface area contributed by atoms with Crippen LogP contribution in [0.4, 0.5) is 10.5 Å². The van der Waals surface area contributed by atoms with Gasteiger partial charge in [0.15, 0.2) is 0 Å². The number of nitrogens with one attached hydrogen (secondary N) is 1. The molecule has 1 aromatic carbocycles. The SMILES string of the molecule is CN(Cc1ccsc1)C(=O)[C@@H]1CCCN1C(=O)Nc1ccccc1. The number of urea groups is 1. The molecule has 5 nitrogen and oxygen atoms in total. The van der Waals surface area contributed by atoms with Gasteiger partial charge in [-0.05, 0) is 47.4 Å². The number of thiophene rings is 1. The number of benzene rings is 1. The first-order valence-corrected chi connectivity index (χ1v) is 8.98. The molecule has 1 saturated heterocycles. The first kappa shape index (κ1) is 16.5. The third-order valence-corrected chi connectivity index (χ3v) is 4.93. The Hall–Kier alpha value is -2.34. The molecule has 0 aliphatic carbocycles. The lowest BCUT2D eigenvalue weighted by Gasteiger charge is -2.28. The van der Waals surface area contributed by atoms with Crippen LogP contribution in [0.5, 0.6) is 0 Å². The van der Waals surface area contributed by atoms with Gasteiger partial charge in [-0.1, -0.05) is 18.2 Å². The first-order chi connectivity index (χ1) is 11.6. The number of likely N-dealkylation sites (N-methyl/N-ethyl adjacent to an activating group) is 1. The molecule has 1 N–H and O–H groups in total. The number of para-hydroxylation sites is 1. The summed E-state index contributed by atoms with van der Waals surface area (Å²) in [6, 6.07) is 10.8. The van der Waals surface area contributed by atoms with Gasteiger partial charge >= 0.3 is 6.03 Å². The maximum Gasteiger partial charge on any atom is 0.322 e. The summed E-state index contributed by atoms with van der Waals surface area (Å²) in [6.07, 6.45) is 1.57. The van der Waals surface area contributed by atoms with Crippen LogP contribution in [-0.4, -0.2) is 41.4 Å². The summed E-state index contributed by atoms with van der Waals surface area (Å²) < 4.78 is 0. The number of hydrogen-bond donors (Lipinski definition) is 1. The molecular formula is C18H21N3O2S. The minimum atomic E-state index is -0.377. The number of hydrogen-bond acceptors (Lipinski definition) is 3. The van der Waals surface area contributed by atoms with E-state index >= 15 is 0 Å². The van der Waals surface area contributed by atoms with Gasteiger partial charge in [-0.2, -0.15) is 11.3 Å². The quantitative estimate of drug-likeness (QED) is 0.925. The zero-order valence-electron chi connectivity index (χ0n) is 13.6. The van der Waals surface area contributed by atoms with E-state index in [0.29, 0.717) is 13.1 Å². The average Bonchev–Trinajstić information content (AvgIpc) is 3.26. The fraction of sp³-hybridized carbons (Fsp3) is 0.333. The highest BCUT2D eigenvalue weighted by Crippen LogP contribution is 2.21. The molecule has 0 bridgehead atoms. The van der Waals surface area contributed by atoms with Crippen molar-refractivity contribution in [2.45, 2.75) is 25.4 Å². The van der Waals surface area contributed by atoms with Crippen LogP contribution in [0, 0.1) is 0 Å². The fourth-order valence-corrected chi connectivity index (χ4v) is 3.63. The Labute approximate surface area is 145 Å². The van der Waals surface area contributed by atoms with Gasteiger partial charge in [0.2, 0.25) is 5.91 Å². The highest BCUT2D eigenvalue weighted by molar-refractivity contribution is 7.07. The minimum absolute atomic E-state index is 0.00177.